The number of hydrogen-bond donors (Lipinski definition) is 1. The van der Waals surface area contributed by atoms with Crippen LogP contribution >= 0.6 is 0 Å². The fourth-order valence-electron chi connectivity index (χ4n) is 1.31. The van der Waals surface area contributed by atoms with Crippen molar-refractivity contribution in [2.45, 2.75) is 13.1 Å². The van der Waals surface area contributed by atoms with Crippen LogP contribution in [0.25, 0.3) is 0 Å². The van der Waals surface area contributed by atoms with Gasteiger partial charge in [-0.25, -0.2) is 0 Å². The Bertz CT molecular complexity index is 390. The Morgan fingerprint density at radius 3 is 3.07 bits per heavy atom. The van der Waals surface area contributed by atoms with Crippen LogP contribution in [0.15, 0.2) is 24.7 Å². The zero-order valence-corrected chi connectivity index (χ0v) is 8.67. The molecule has 2 rings (SSSR count). The lowest BCUT2D eigenvalue weighted by atomic mass is 10.4. The summed E-state index contributed by atoms with van der Waals surface area (Å²) in [5.74, 6) is 0. The van der Waals surface area contributed by atoms with Crippen molar-refractivity contribution >= 4 is 0 Å². The molecule has 0 unspecified atom stereocenters. The Labute approximate surface area is 87.9 Å². The van der Waals surface area contributed by atoms with Gasteiger partial charge in [0, 0.05) is 32.5 Å². The second kappa shape index (κ2) is 4.70. The summed E-state index contributed by atoms with van der Waals surface area (Å²) in [6.45, 7) is 2.54. The maximum atomic E-state index is 4.12. The van der Waals surface area contributed by atoms with Gasteiger partial charge in [-0.3, -0.25) is 9.36 Å². The fraction of sp³-hybridized carbons (Fsp3) is 0.444. The molecule has 6 nitrogen and oxygen atoms in total. The van der Waals surface area contributed by atoms with E-state index in [9.17, 15) is 0 Å². The highest BCUT2D eigenvalue weighted by Crippen LogP contribution is 1.91. The van der Waals surface area contributed by atoms with E-state index in [0.29, 0.717) is 0 Å². The van der Waals surface area contributed by atoms with Crippen LogP contribution in [0.1, 0.15) is 5.69 Å². The number of nitrogens with zero attached hydrogens (tertiary/aromatic N) is 5. The first-order valence-electron chi connectivity index (χ1n) is 4.88. The Kier molecular flexibility index (Phi) is 3.08. The van der Waals surface area contributed by atoms with Gasteiger partial charge in [-0.2, -0.15) is 5.10 Å². The van der Waals surface area contributed by atoms with Crippen molar-refractivity contribution in [1.29, 1.82) is 0 Å². The van der Waals surface area contributed by atoms with Gasteiger partial charge >= 0.3 is 0 Å². The van der Waals surface area contributed by atoms with Gasteiger partial charge in [0.2, 0.25) is 0 Å². The third kappa shape index (κ3) is 2.63. The Morgan fingerprint density at radius 1 is 1.47 bits per heavy atom. The summed E-state index contributed by atoms with van der Waals surface area (Å²) in [6.07, 6.45) is 5.50. The summed E-state index contributed by atoms with van der Waals surface area (Å²) in [6, 6.07) is 1.92. The van der Waals surface area contributed by atoms with E-state index in [1.165, 1.54) is 0 Å². The van der Waals surface area contributed by atoms with Crippen LogP contribution in [-0.4, -0.2) is 31.3 Å². The molecule has 1 N–H and O–H groups in total. The quantitative estimate of drug-likeness (QED) is 0.688. The fourth-order valence-corrected chi connectivity index (χ4v) is 1.31. The SMILES string of the molecule is Cn1nncc1CNCCn1cccn1. The highest BCUT2D eigenvalue weighted by Gasteiger charge is 1.98. The van der Waals surface area contributed by atoms with Crippen molar-refractivity contribution in [2.75, 3.05) is 6.54 Å². The summed E-state index contributed by atoms with van der Waals surface area (Å²) in [5.41, 5.74) is 1.08. The Morgan fingerprint density at radius 2 is 2.40 bits per heavy atom. The zero-order chi connectivity index (χ0) is 10.5. The second-order valence-corrected chi connectivity index (χ2v) is 3.29. The van der Waals surface area contributed by atoms with E-state index >= 15 is 0 Å². The van der Waals surface area contributed by atoms with Crippen molar-refractivity contribution in [3.63, 3.8) is 0 Å². The molecular weight excluding hydrogens is 192 g/mol. The van der Waals surface area contributed by atoms with E-state index in [1.54, 1.807) is 17.1 Å². The Hall–Kier alpha value is -1.69. The zero-order valence-electron chi connectivity index (χ0n) is 8.67. The highest BCUT2D eigenvalue weighted by molar-refractivity contribution is 4.92. The van der Waals surface area contributed by atoms with Gasteiger partial charge in [-0.1, -0.05) is 5.21 Å². The number of rotatable bonds is 5. The van der Waals surface area contributed by atoms with Gasteiger partial charge in [0.1, 0.15) is 0 Å². The normalized spacial score (nSPS) is 10.7. The second-order valence-electron chi connectivity index (χ2n) is 3.29. The van der Waals surface area contributed by atoms with Crippen molar-refractivity contribution in [3.05, 3.63) is 30.4 Å². The van der Waals surface area contributed by atoms with Gasteiger partial charge in [0.25, 0.3) is 0 Å². The minimum absolute atomic E-state index is 0.783. The molecule has 80 valence electrons. The summed E-state index contributed by atoms with van der Waals surface area (Å²) in [5, 5.41) is 15.1. The first-order chi connectivity index (χ1) is 7.36. The number of aromatic nitrogens is 5. The molecule has 0 radical (unpaired) electrons. The summed E-state index contributed by atoms with van der Waals surface area (Å²) >= 11 is 0. The Balaban J connectivity index is 1.70. The number of hydrogen-bond acceptors (Lipinski definition) is 4. The van der Waals surface area contributed by atoms with Crippen LogP contribution in [0.2, 0.25) is 0 Å². The molecule has 0 saturated heterocycles. The molecule has 0 bridgehead atoms. The third-order valence-electron chi connectivity index (χ3n) is 2.19. The van der Waals surface area contributed by atoms with Gasteiger partial charge < -0.3 is 5.32 Å². The molecule has 0 aromatic carbocycles. The predicted octanol–water partition coefficient (Wildman–Crippen LogP) is -0.199. The molecule has 0 saturated carbocycles. The molecule has 0 spiro atoms. The van der Waals surface area contributed by atoms with Gasteiger partial charge in [-0.15, -0.1) is 5.10 Å². The smallest absolute Gasteiger partial charge is 0.0738 e. The van der Waals surface area contributed by atoms with Gasteiger partial charge in [-0.05, 0) is 6.07 Å². The molecule has 0 amide bonds. The lowest BCUT2D eigenvalue weighted by molar-refractivity contribution is 0.541. The standard InChI is InChI=1S/C9H14N6/c1-14-9(8-11-13-14)7-10-4-6-15-5-2-3-12-15/h2-3,5,8,10H,4,6-7H2,1H3. The molecule has 0 aliphatic heterocycles. The average Bonchev–Trinajstić information content (AvgIpc) is 2.85. The molecule has 6 heteroatoms. The predicted molar refractivity (Wildman–Crippen MR) is 54.9 cm³/mol. The van der Waals surface area contributed by atoms with E-state index in [2.05, 4.69) is 20.7 Å². The molecule has 2 aromatic rings. The van der Waals surface area contributed by atoms with Gasteiger partial charge in [0.05, 0.1) is 18.4 Å². The van der Waals surface area contributed by atoms with Crippen LogP contribution in [0.4, 0.5) is 0 Å². The first-order valence-corrected chi connectivity index (χ1v) is 4.88. The maximum Gasteiger partial charge on any atom is 0.0738 e. The van der Waals surface area contributed by atoms with Crippen LogP contribution in [0.5, 0.6) is 0 Å². The van der Waals surface area contributed by atoms with E-state index in [0.717, 1.165) is 25.3 Å². The minimum Gasteiger partial charge on any atom is -0.309 e. The first kappa shape index (κ1) is 9.85. The maximum absolute atomic E-state index is 4.12. The van der Waals surface area contributed by atoms with E-state index < -0.39 is 0 Å². The molecule has 0 aliphatic carbocycles. The van der Waals surface area contributed by atoms with Crippen LogP contribution < -0.4 is 5.32 Å². The largest absolute Gasteiger partial charge is 0.309 e. The molecule has 0 aliphatic rings. The van der Waals surface area contributed by atoms with Crippen molar-refractivity contribution in [2.24, 2.45) is 7.05 Å². The topological polar surface area (TPSA) is 60.6 Å². The highest BCUT2D eigenvalue weighted by atomic mass is 15.4. The molecule has 0 atom stereocenters. The van der Waals surface area contributed by atoms with Gasteiger partial charge in [0.15, 0.2) is 0 Å². The van der Waals surface area contributed by atoms with E-state index in [4.69, 9.17) is 0 Å². The molecule has 2 heterocycles. The number of aryl methyl sites for hydroxylation is 1. The molecule has 0 fully saturated rings. The summed E-state index contributed by atoms with van der Waals surface area (Å²) in [7, 11) is 1.89. The summed E-state index contributed by atoms with van der Waals surface area (Å²) < 4.78 is 3.66. The molecule has 15 heavy (non-hydrogen) atoms. The third-order valence-corrected chi connectivity index (χ3v) is 2.19. The number of nitrogens with one attached hydrogen (secondary N) is 1. The van der Waals surface area contributed by atoms with E-state index in [-0.39, 0.29) is 0 Å². The monoisotopic (exact) mass is 206 g/mol. The van der Waals surface area contributed by atoms with Crippen LogP contribution in [-0.2, 0) is 20.1 Å². The summed E-state index contributed by atoms with van der Waals surface area (Å²) in [4.78, 5) is 0. The van der Waals surface area contributed by atoms with Crippen LogP contribution in [0, 0.1) is 0 Å². The van der Waals surface area contributed by atoms with Crippen molar-refractivity contribution < 1.29 is 0 Å². The minimum atomic E-state index is 0.783. The van der Waals surface area contributed by atoms with Crippen molar-refractivity contribution in [3.8, 4) is 0 Å². The molecular formula is C9H14N6. The average molecular weight is 206 g/mol. The van der Waals surface area contributed by atoms with Crippen LogP contribution in [0.3, 0.4) is 0 Å². The van der Waals surface area contributed by atoms with Crippen molar-refractivity contribution in [1.82, 2.24) is 30.1 Å². The molecule has 2 aromatic heterocycles. The lowest BCUT2D eigenvalue weighted by Crippen LogP contribution is -2.21. The van der Waals surface area contributed by atoms with E-state index in [1.807, 2.05) is 24.0 Å². The lowest BCUT2D eigenvalue weighted by Gasteiger charge is -2.04.